The van der Waals surface area contributed by atoms with Gasteiger partial charge in [-0.05, 0) is 26.8 Å². The third-order valence-electron chi connectivity index (χ3n) is 2.44. The van der Waals surface area contributed by atoms with E-state index in [0.29, 0.717) is 6.61 Å². The first kappa shape index (κ1) is 15.1. The molecule has 0 aromatic rings. The summed E-state index contributed by atoms with van der Waals surface area (Å²) in [6, 6.07) is 0. The fraction of sp³-hybridized carbons (Fsp3) is 0.750. The smallest absolute Gasteiger partial charge is 0.330 e. The van der Waals surface area contributed by atoms with Gasteiger partial charge in [0, 0.05) is 6.08 Å². The Hall–Kier alpha value is -0.950. The minimum Gasteiger partial charge on any atom is -0.463 e. The molecule has 1 aliphatic rings. The second kappa shape index (κ2) is 6.29. The quantitative estimate of drug-likeness (QED) is 0.534. The summed E-state index contributed by atoms with van der Waals surface area (Å²) in [5, 5.41) is 18.6. The summed E-state index contributed by atoms with van der Waals surface area (Å²) < 4.78 is 15.7. The molecule has 104 valence electrons. The Kier molecular flexibility index (Phi) is 5.28. The van der Waals surface area contributed by atoms with Crippen LogP contribution < -0.4 is 0 Å². The van der Waals surface area contributed by atoms with Crippen LogP contribution in [0.4, 0.5) is 0 Å². The molecule has 1 aliphatic heterocycles. The van der Waals surface area contributed by atoms with E-state index in [4.69, 9.17) is 19.3 Å². The molecule has 0 spiro atoms. The summed E-state index contributed by atoms with van der Waals surface area (Å²) in [6.45, 7) is 4.96. The molecule has 1 saturated heterocycles. The van der Waals surface area contributed by atoms with E-state index < -0.39 is 36.7 Å². The van der Waals surface area contributed by atoms with Gasteiger partial charge in [0.2, 0.25) is 0 Å². The SMILES string of the molecule is CCOC(=O)/C=C/[C@@H]1OC(C)(C)O[C@@H]1[C@H](O)CO. The van der Waals surface area contributed by atoms with Crippen LogP contribution in [0.15, 0.2) is 12.2 Å². The molecule has 6 nitrogen and oxygen atoms in total. The number of carbonyl (C=O) groups is 1. The molecular weight excluding hydrogens is 240 g/mol. The maximum absolute atomic E-state index is 11.2. The van der Waals surface area contributed by atoms with E-state index in [1.54, 1.807) is 20.8 Å². The molecule has 3 atom stereocenters. The van der Waals surface area contributed by atoms with E-state index in [1.165, 1.54) is 12.2 Å². The van der Waals surface area contributed by atoms with Crippen molar-refractivity contribution in [3.05, 3.63) is 12.2 Å². The maximum Gasteiger partial charge on any atom is 0.330 e. The van der Waals surface area contributed by atoms with Crippen molar-refractivity contribution >= 4 is 5.97 Å². The number of carbonyl (C=O) groups excluding carboxylic acids is 1. The lowest BCUT2D eigenvalue weighted by Crippen LogP contribution is -2.37. The highest BCUT2D eigenvalue weighted by Crippen LogP contribution is 2.30. The molecule has 2 N–H and O–H groups in total. The van der Waals surface area contributed by atoms with Gasteiger partial charge in [-0.3, -0.25) is 0 Å². The first-order valence-electron chi connectivity index (χ1n) is 5.89. The van der Waals surface area contributed by atoms with Gasteiger partial charge in [-0.1, -0.05) is 0 Å². The number of hydrogen-bond acceptors (Lipinski definition) is 6. The number of rotatable bonds is 5. The first-order valence-corrected chi connectivity index (χ1v) is 5.89. The van der Waals surface area contributed by atoms with E-state index in [-0.39, 0.29) is 0 Å². The van der Waals surface area contributed by atoms with Crippen molar-refractivity contribution in [1.29, 1.82) is 0 Å². The molecule has 0 amide bonds. The van der Waals surface area contributed by atoms with E-state index in [1.807, 2.05) is 0 Å². The molecule has 0 radical (unpaired) electrons. The molecule has 1 fully saturated rings. The summed E-state index contributed by atoms with van der Waals surface area (Å²) in [4.78, 5) is 11.2. The summed E-state index contributed by atoms with van der Waals surface area (Å²) in [6.07, 6.45) is 0.317. The average Bonchev–Trinajstić information content (AvgIpc) is 2.61. The van der Waals surface area contributed by atoms with Gasteiger partial charge in [0.25, 0.3) is 0 Å². The van der Waals surface area contributed by atoms with Crippen molar-refractivity contribution in [2.24, 2.45) is 0 Å². The van der Waals surface area contributed by atoms with Crippen LogP contribution in [0.3, 0.4) is 0 Å². The molecule has 0 unspecified atom stereocenters. The Morgan fingerprint density at radius 1 is 1.50 bits per heavy atom. The van der Waals surface area contributed by atoms with E-state index >= 15 is 0 Å². The van der Waals surface area contributed by atoms with Crippen LogP contribution in [-0.4, -0.2) is 53.5 Å². The fourth-order valence-corrected chi connectivity index (χ4v) is 1.73. The van der Waals surface area contributed by atoms with Gasteiger partial charge in [0.1, 0.15) is 18.3 Å². The molecule has 6 heteroatoms. The van der Waals surface area contributed by atoms with Gasteiger partial charge >= 0.3 is 5.97 Å². The molecule has 18 heavy (non-hydrogen) atoms. The van der Waals surface area contributed by atoms with Crippen molar-refractivity contribution in [3.8, 4) is 0 Å². The van der Waals surface area contributed by atoms with Gasteiger partial charge in [0.05, 0.1) is 13.2 Å². The lowest BCUT2D eigenvalue weighted by molar-refractivity contribution is -0.155. The van der Waals surface area contributed by atoms with Crippen LogP contribution in [0.25, 0.3) is 0 Å². The maximum atomic E-state index is 11.2. The predicted molar refractivity (Wildman–Crippen MR) is 62.7 cm³/mol. The van der Waals surface area contributed by atoms with Crippen molar-refractivity contribution in [1.82, 2.24) is 0 Å². The second-order valence-electron chi connectivity index (χ2n) is 4.43. The van der Waals surface area contributed by atoms with Gasteiger partial charge < -0.3 is 24.4 Å². The zero-order chi connectivity index (χ0) is 13.8. The molecule has 0 saturated carbocycles. The lowest BCUT2D eigenvalue weighted by atomic mass is 10.1. The minimum absolute atomic E-state index is 0.291. The molecule has 1 heterocycles. The summed E-state index contributed by atoms with van der Waals surface area (Å²) in [5.41, 5.74) is 0. The summed E-state index contributed by atoms with van der Waals surface area (Å²) >= 11 is 0. The Balaban J connectivity index is 2.69. The van der Waals surface area contributed by atoms with Crippen LogP contribution >= 0.6 is 0 Å². The van der Waals surface area contributed by atoms with Gasteiger partial charge in [-0.2, -0.15) is 0 Å². The number of ether oxygens (including phenoxy) is 3. The average molecular weight is 260 g/mol. The highest BCUT2D eigenvalue weighted by atomic mass is 16.8. The van der Waals surface area contributed by atoms with Crippen LogP contribution in [-0.2, 0) is 19.0 Å². The monoisotopic (exact) mass is 260 g/mol. The zero-order valence-electron chi connectivity index (χ0n) is 10.8. The summed E-state index contributed by atoms with van der Waals surface area (Å²) in [7, 11) is 0. The Morgan fingerprint density at radius 3 is 2.72 bits per heavy atom. The molecule has 1 rings (SSSR count). The minimum atomic E-state index is -1.07. The molecule has 0 aliphatic carbocycles. The largest absolute Gasteiger partial charge is 0.463 e. The molecule has 0 aromatic heterocycles. The van der Waals surface area contributed by atoms with Crippen molar-refractivity contribution in [3.63, 3.8) is 0 Å². The number of aliphatic hydroxyl groups excluding tert-OH is 2. The van der Waals surface area contributed by atoms with Gasteiger partial charge in [-0.25, -0.2) is 4.79 Å². The highest BCUT2D eigenvalue weighted by molar-refractivity contribution is 5.81. The van der Waals surface area contributed by atoms with E-state index in [0.717, 1.165) is 0 Å². The van der Waals surface area contributed by atoms with Crippen LogP contribution in [0, 0.1) is 0 Å². The zero-order valence-corrected chi connectivity index (χ0v) is 10.8. The third-order valence-corrected chi connectivity index (χ3v) is 2.44. The topological polar surface area (TPSA) is 85.2 Å². The normalized spacial score (nSPS) is 28.5. The molecule has 0 aromatic carbocycles. The van der Waals surface area contributed by atoms with Crippen LogP contribution in [0.1, 0.15) is 20.8 Å². The standard InChI is InChI=1S/C12H20O6/c1-4-16-10(15)6-5-9-11(8(14)7-13)18-12(2,3)17-9/h5-6,8-9,11,13-14H,4,7H2,1-3H3/b6-5+/t8-,9+,11-/m1/s1. The van der Waals surface area contributed by atoms with Gasteiger partial charge in [-0.15, -0.1) is 0 Å². The Labute approximate surface area is 106 Å². The molecule has 0 bridgehead atoms. The Morgan fingerprint density at radius 2 is 2.17 bits per heavy atom. The predicted octanol–water partition coefficient (Wildman–Crippen LogP) is -0.0210. The fourth-order valence-electron chi connectivity index (χ4n) is 1.73. The third kappa shape index (κ3) is 4.06. The first-order chi connectivity index (χ1) is 8.39. The van der Waals surface area contributed by atoms with Crippen molar-refractivity contribution in [2.75, 3.05) is 13.2 Å². The lowest BCUT2D eigenvalue weighted by Gasteiger charge is -2.19. The van der Waals surface area contributed by atoms with E-state index in [9.17, 15) is 9.90 Å². The summed E-state index contributed by atoms with van der Waals surface area (Å²) in [5.74, 6) is -1.35. The van der Waals surface area contributed by atoms with Crippen LogP contribution in [0.2, 0.25) is 0 Å². The highest BCUT2D eigenvalue weighted by Gasteiger charge is 2.43. The van der Waals surface area contributed by atoms with Crippen molar-refractivity contribution in [2.45, 2.75) is 44.9 Å². The van der Waals surface area contributed by atoms with Crippen molar-refractivity contribution < 1.29 is 29.2 Å². The number of esters is 1. The number of hydrogen-bond donors (Lipinski definition) is 2. The van der Waals surface area contributed by atoms with E-state index in [2.05, 4.69) is 0 Å². The van der Waals surface area contributed by atoms with Crippen LogP contribution in [0.5, 0.6) is 0 Å². The number of aliphatic hydroxyl groups is 2. The molecular formula is C12H20O6. The second-order valence-corrected chi connectivity index (χ2v) is 4.43. The van der Waals surface area contributed by atoms with Gasteiger partial charge in [0.15, 0.2) is 5.79 Å². The Bertz CT molecular complexity index is 312.